The molecule has 2 aromatic rings. The Balaban J connectivity index is 2.31. The predicted octanol–water partition coefficient (Wildman–Crippen LogP) is 5.54. The molecule has 0 spiro atoms. The van der Waals surface area contributed by atoms with Crippen LogP contribution in [0.5, 0.6) is 5.75 Å². The average Bonchev–Trinajstić information content (AvgIpc) is 2.47. The number of halogens is 2. The molecular formula is C17H16Br2O2. The van der Waals surface area contributed by atoms with Crippen LogP contribution < -0.4 is 4.74 Å². The van der Waals surface area contributed by atoms with E-state index in [4.69, 9.17) is 4.74 Å². The second kappa shape index (κ2) is 7.23. The molecule has 2 rings (SSSR count). The molecule has 0 saturated carbocycles. The number of ketones is 1. The molecule has 0 aliphatic carbocycles. The predicted molar refractivity (Wildman–Crippen MR) is 92.2 cm³/mol. The Bertz CT molecular complexity index is 666. The highest BCUT2D eigenvalue weighted by Gasteiger charge is 2.14. The van der Waals surface area contributed by atoms with Crippen molar-refractivity contribution in [2.45, 2.75) is 20.3 Å². The maximum atomic E-state index is 12.6. The fourth-order valence-corrected chi connectivity index (χ4v) is 2.86. The molecule has 0 amide bonds. The van der Waals surface area contributed by atoms with Crippen molar-refractivity contribution in [3.63, 3.8) is 0 Å². The molecule has 0 atom stereocenters. The van der Waals surface area contributed by atoms with Gasteiger partial charge in [0.1, 0.15) is 5.75 Å². The zero-order valence-corrected chi connectivity index (χ0v) is 15.1. The summed E-state index contributed by atoms with van der Waals surface area (Å²) in [5, 5.41) is 0. The lowest BCUT2D eigenvalue weighted by atomic mass is 10.0. The van der Waals surface area contributed by atoms with Crippen molar-refractivity contribution in [2.75, 3.05) is 6.61 Å². The van der Waals surface area contributed by atoms with Crippen LogP contribution in [0.4, 0.5) is 0 Å². The number of aryl methyl sites for hydroxylation is 1. The molecule has 0 fully saturated rings. The SMILES string of the molecule is CCCOc1ccc(C(=O)c2cc(C)ccc2Br)cc1Br. The summed E-state index contributed by atoms with van der Waals surface area (Å²) in [5.74, 6) is 0.755. The van der Waals surface area contributed by atoms with Gasteiger partial charge in [0.2, 0.25) is 0 Å². The average molecular weight is 412 g/mol. The van der Waals surface area contributed by atoms with Crippen LogP contribution >= 0.6 is 31.9 Å². The third kappa shape index (κ3) is 3.95. The molecule has 110 valence electrons. The van der Waals surface area contributed by atoms with Gasteiger partial charge in [-0.3, -0.25) is 4.79 Å². The molecule has 0 aliphatic rings. The Morgan fingerprint density at radius 3 is 2.52 bits per heavy atom. The zero-order valence-electron chi connectivity index (χ0n) is 12.0. The van der Waals surface area contributed by atoms with Crippen LogP contribution in [0, 0.1) is 6.92 Å². The molecule has 0 radical (unpaired) electrons. The molecule has 0 aromatic heterocycles. The second-order valence-electron chi connectivity index (χ2n) is 4.81. The number of hydrogen-bond acceptors (Lipinski definition) is 2. The van der Waals surface area contributed by atoms with Gasteiger partial charge in [-0.05, 0) is 59.6 Å². The number of benzene rings is 2. The van der Waals surface area contributed by atoms with Crippen molar-refractivity contribution < 1.29 is 9.53 Å². The molecule has 0 heterocycles. The smallest absolute Gasteiger partial charge is 0.194 e. The minimum atomic E-state index is -0.00619. The molecule has 0 unspecified atom stereocenters. The summed E-state index contributed by atoms with van der Waals surface area (Å²) in [4.78, 5) is 12.6. The van der Waals surface area contributed by atoms with E-state index in [0.717, 1.165) is 26.7 Å². The standard InChI is InChI=1S/C17H16Br2O2/c1-3-8-21-16-7-5-12(10-15(16)19)17(20)13-9-11(2)4-6-14(13)18/h4-7,9-10H,3,8H2,1-2H3. The van der Waals surface area contributed by atoms with Gasteiger partial charge in [0.25, 0.3) is 0 Å². The van der Waals surface area contributed by atoms with Gasteiger partial charge in [0.05, 0.1) is 11.1 Å². The Morgan fingerprint density at radius 1 is 1.10 bits per heavy atom. The summed E-state index contributed by atoms with van der Waals surface area (Å²) >= 11 is 6.90. The molecule has 0 N–H and O–H groups in total. The van der Waals surface area contributed by atoms with E-state index in [0.29, 0.717) is 17.7 Å². The van der Waals surface area contributed by atoms with Crippen molar-refractivity contribution in [3.05, 3.63) is 62.0 Å². The third-order valence-corrected chi connectivity index (χ3v) is 4.33. The van der Waals surface area contributed by atoms with E-state index < -0.39 is 0 Å². The lowest BCUT2D eigenvalue weighted by molar-refractivity contribution is 0.103. The number of hydrogen-bond donors (Lipinski definition) is 0. The quantitative estimate of drug-likeness (QED) is 0.603. The first-order chi connectivity index (χ1) is 10.0. The van der Waals surface area contributed by atoms with E-state index in [1.807, 2.05) is 37.3 Å². The van der Waals surface area contributed by atoms with Gasteiger partial charge < -0.3 is 4.74 Å². The van der Waals surface area contributed by atoms with Gasteiger partial charge in [-0.2, -0.15) is 0 Å². The lowest BCUT2D eigenvalue weighted by Gasteiger charge is -2.09. The van der Waals surface area contributed by atoms with Crippen LogP contribution in [-0.2, 0) is 0 Å². The van der Waals surface area contributed by atoms with E-state index >= 15 is 0 Å². The van der Waals surface area contributed by atoms with Crippen LogP contribution in [0.25, 0.3) is 0 Å². The normalized spacial score (nSPS) is 10.5. The van der Waals surface area contributed by atoms with E-state index in [1.54, 1.807) is 6.07 Å². The van der Waals surface area contributed by atoms with Gasteiger partial charge in [-0.1, -0.05) is 34.5 Å². The Labute approximate surface area is 141 Å². The van der Waals surface area contributed by atoms with Gasteiger partial charge in [-0.25, -0.2) is 0 Å². The van der Waals surface area contributed by atoms with Crippen molar-refractivity contribution >= 4 is 37.6 Å². The fourth-order valence-electron chi connectivity index (χ4n) is 1.94. The Hall–Kier alpha value is -1.13. The monoisotopic (exact) mass is 410 g/mol. The molecule has 2 aromatic carbocycles. The van der Waals surface area contributed by atoms with Crippen LogP contribution in [0.1, 0.15) is 34.8 Å². The molecule has 0 bridgehead atoms. The lowest BCUT2D eigenvalue weighted by Crippen LogP contribution is -2.04. The van der Waals surface area contributed by atoms with Crippen molar-refractivity contribution in [3.8, 4) is 5.75 Å². The summed E-state index contributed by atoms with van der Waals surface area (Å²) in [6, 6.07) is 11.2. The maximum absolute atomic E-state index is 12.6. The zero-order chi connectivity index (χ0) is 15.4. The first kappa shape index (κ1) is 16.2. The highest BCUT2D eigenvalue weighted by Crippen LogP contribution is 2.28. The molecule has 4 heteroatoms. The van der Waals surface area contributed by atoms with Crippen molar-refractivity contribution in [1.82, 2.24) is 0 Å². The molecule has 0 aliphatic heterocycles. The summed E-state index contributed by atoms with van der Waals surface area (Å²) in [6.07, 6.45) is 0.948. The maximum Gasteiger partial charge on any atom is 0.194 e. The minimum absolute atomic E-state index is 0.00619. The van der Waals surface area contributed by atoms with Crippen molar-refractivity contribution in [1.29, 1.82) is 0 Å². The van der Waals surface area contributed by atoms with Crippen molar-refractivity contribution in [2.24, 2.45) is 0 Å². The van der Waals surface area contributed by atoms with Gasteiger partial charge >= 0.3 is 0 Å². The molecule has 2 nitrogen and oxygen atoms in total. The first-order valence-electron chi connectivity index (χ1n) is 6.76. The second-order valence-corrected chi connectivity index (χ2v) is 6.51. The molecule has 0 saturated heterocycles. The minimum Gasteiger partial charge on any atom is -0.492 e. The van der Waals surface area contributed by atoms with Crippen LogP contribution in [-0.4, -0.2) is 12.4 Å². The Kier molecular flexibility index (Phi) is 5.59. The highest BCUT2D eigenvalue weighted by atomic mass is 79.9. The number of carbonyl (C=O) groups is 1. The van der Waals surface area contributed by atoms with Gasteiger partial charge in [0.15, 0.2) is 5.78 Å². The van der Waals surface area contributed by atoms with E-state index in [9.17, 15) is 4.79 Å². The Morgan fingerprint density at radius 2 is 1.86 bits per heavy atom. The van der Waals surface area contributed by atoms with Gasteiger partial charge in [-0.15, -0.1) is 0 Å². The number of ether oxygens (including phenoxy) is 1. The first-order valence-corrected chi connectivity index (χ1v) is 8.34. The summed E-state index contributed by atoms with van der Waals surface area (Å²) < 4.78 is 7.20. The topological polar surface area (TPSA) is 26.3 Å². The van der Waals surface area contributed by atoms with E-state index in [-0.39, 0.29) is 5.78 Å². The fraction of sp³-hybridized carbons (Fsp3) is 0.235. The third-order valence-electron chi connectivity index (χ3n) is 3.02. The number of rotatable bonds is 5. The number of carbonyl (C=O) groups excluding carboxylic acids is 1. The summed E-state index contributed by atoms with van der Waals surface area (Å²) in [7, 11) is 0. The highest BCUT2D eigenvalue weighted by molar-refractivity contribution is 9.10. The van der Waals surface area contributed by atoms with E-state index in [1.165, 1.54) is 0 Å². The molecular weight excluding hydrogens is 396 g/mol. The van der Waals surface area contributed by atoms with Crippen LogP contribution in [0.3, 0.4) is 0 Å². The molecule has 21 heavy (non-hydrogen) atoms. The van der Waals surface area contributed by atoms with Gasteiger partial charge in [0, 0.05) is 15.6 Å². The van der Waals surface area contributed by atoms with Crippen LogP contribution in [0.2, 0.25) is 0 Å². The summed E-state index contributed by atoms with van der Waals surface area (Å²) in [5.41, 5.74) is 2.37. The summed E-state index contributed by atoms with van der Waals surface area (Å²) in [6.45, 7) is 4.69. The van der Waals surface area contributed by atoms with Crippen LogP contribution in [0.15, 0.2) is 45.3 Å². The largest absolute Gasteiger partial charge is 0.492 e. The van der Waals surface area contributed by atoms with E-state index in [2.05, 4.69) is 38.8 Å².